The average molecular weight is 377 g/mol. The number of anilines is 1. The number of nitrogens with one attached hydrogen (secondary N) is 2. The minimum absolute atomic E-state index is 0.103. The Morgan fingerprint density at radius 3 is 2.70 bits per heavy atom. The number of amides is 1. The fourth-order valence-electron chi connectivity index (χ4n) is 4.12. The number of aromatic nitrogens is 3. The molecule has 2 heterocycles. The van der Waals surface area contributed by atoms with Crippen LogP contribution in [-0.2, 0) is 0 Å². The van der Waals surface area contributed by atoms with E-state index in [1.54, 1.807) is 6.20 Å². The summed E-state index contributed by atoms with van der Waals surface area (Å²) in [6.07, 6.45) is 9.74. The molecule has 2 aliphatic rings. The molecule has 2 N–H and O–H groups in total. The Morgan fingerprint density at radius 1 is 1.15 bits per heavy atom. The fraction of sp³-hybridized carbons (Fsp3) is 0.632. The molecule has 0 spiro atoms. The van der Waals surface area contributed by atoms with Crippen molar-refractivity contribution in [1.82, 2.24) is 19.9 Å². The zero-order valence-corrected chi connectivity index (χ0v) is 15.3. The number of carbonyl (C=O) groups excluding carboxylic acids is 1. The topological polar surface area (TPSA) is 71.3 Å². The molecule has 1 unspecified atom stereocenters. The number of alkyl halides is 2. The van der Waals surface area contributed by atoms with Crippen molar-refractivity contribution in [2.75, 3.05) is 5.32 Å². The molecule has 0 saturated heterocycles. The van der Waals surface area contributed by atoms with Crippen LogP contribution in [0.4, 0.5) is 14.6 Å². The van der Waals surface area contributed by atoms with Gasteiger partial charge in [0.2, 0.25) is 5.92 Å². The van der Waals surface area contributed by atoms with Gasteiger partial charge in [0.15, 0.2) is 5.65 Å². The number of rotatable bonds is 4. The Balaban J connectivity index is 1.49. The second kappa shape index (κ2) is 7.40. The molecular formula is C19H25F2N5O. The van der Waals surface area contributed by atoms with Crippen LogP contribution >= 0.6 is 0 Å². The van der Waals surface area contributed by atoms with E-state index >= 15 is 0 Å². The van der Waals surface area contributed by atoms with Crippen LogP contribution in [0.2, 0.25) is 0 Å². The zero-order chi connectivity index (χ0) is 18.9. The van der Waals surface area contributed by atoms with Crippen LogP contribution in [0.25, 0.3) is 5.65 Å². The summed E-state index contributed by atoms with van der Waals surface area (Å²) in [6.45, 7) is 0. The third kappa shape index (κ3) is 4.20. The van der Waals surface area contributed by atoms with E-state index in [0.29, 0.717) is 35.9 Å². The molecule has 2 saturated carbocycles. The van der Waals surface area contributed by atoms with E-state index < -0.39 is 17.9 Å². The maximum atomic E-state index is 13.6. The molecule has 0 bridgehead atoms. The van der Waals surface area contributed by atoms with Crippen molar-refractivity contribution in [3.63, 3.8) is 0 Å². The highest BCUT2D eigenvalue weighted by molar-refractivity contribution is 5.99. The smallest absolute Gasteiger partial charge is 0.256 e. The summed E-state index contributed by atoms with van der Waals surface area (Å²) >= 11 is 0. The van der Waals surface area contributed by atoms with Crippen molar-refractivity contribution in [2.24, 2.45) is 0 Å². The van der Waals surface area contributed by atoms with Gasteiger partial charge in [-0.15, -0.1) is 0 Å². The summed E-state index contributed by atoms with van der Waals surface area (Å²) in [6, 6.07) is 1.73. The SMILES string of the molecule is O=C(NC1CCCC(F)(F)C1)c1cnn2ccc(NC3CCCCC3)nc12. The molecule has 27 heavy (non-hydrogen) atoms. The van der Waals surface area contributed by atoms with E-state index in [0.717, 1.165) is 12.8 Å². The van der Waals surface area contributed by atoms with Crippen molar-refractivity contribution >= 4 is 17.4 Å². The number of nitrogens with zero attached hydrogens (tertiary/aromatic N) is 3. The largest absolute Gasteiger partial charge is 0.367 e. The highest BCUT2D eigenvalue weighted by Crippen LogP contribution is 2.33. The Morgan fingerprint density at radius 2 is 1.93 bits per heavy atom. The summed E-state index contributed by atoms with van der Waals surface area (Å²) in [7, 11) is 0. The van der Waals surface area contributed by atoms with Crippen molar-refractivity contribution in [2.45, 2.75) is 75.8 Å². The minimum Gasteiger partial charge on any atom is -0.367 e. The number of fused-ring (bicyclic) bond motifs is 1. The molecule has 0 radical (unpaired) electrons. The molecule has 4 rings (SSSR count). The molecule has 0 aromatic carbocycles. The predicted octanol–water partition coefficient (Wildman–Crippen LogP) is 3.78. The van der Waals surface area contributed by atoms with E-state index in [4.69, 9.17) is 0 Å². The lowest BCUT2D eigenvalue weighted by atomic mass is 9.92. The third-order valence-electron chi connectivity index (χ3n) is 5.55. The molecule has 2 aromatic heterocycles. The van der Waals surface area contributed by atoms with E-state index in [1.165, 1.54) is 30.0 Å². The minimum atomic E-state index is -2.70. The van der Waals surface area contributed by atoms with Crippen LogP contribution < -0.4 is 10.6 Å². The van der Waals surface area contributed by atoms with Gasteiger partial charge in [-0.3, -0.25) is 4.79 Å². The van der Waals surface area contributed by atoms with Crippen LogP contribution in [0.3, 0.4) is 0 Å². The van der Waals surface area contributed by atoms with Crippen LogP contribution in [0.5, 0.6) is 0 Å². The number of halogens is 2. The summed E-state index contributed by atoms with van der Waals surface area (Å²) in [5.74, 6) is -2.38. The molecular weight excluding hydrogens is 352 g/mol. The zero-order valence-electron chi connectivity index (χ0n) is 15.3. The number of hydrogen-bond acceptors (Lipinski definition) is 4. The molecule has 1 amide bonds. The number of carbonyl (C=O) groups is 1. The summed E-state index contributed by atoms with van der Waals surface area (Å²) < 4.78 is 28.7. The van der Waals surface area contributed by atoms with Crippen molar-refractivity contribution in [1.29, 1.82) is 0 Å². The van der Waals surface area contributed by atoms with Crippen molar-refractivity contribution < 1.29 is 13.6 Å². The van der Waals surface area contributed by atoms with Crippen LogP contribution in [0.1, 0.15) is 68.1 Å². The third-order valence-corrected chi connectivity index (χ3v) is 5.55. The van der Waals surface area contributed by atoms with Gasteiger partial charge in [0.25, 0.3) is 5.91 Å². The average Bonchev–Trinajstić information content (AvgIpc) is 3.05. The first-order valence-corrected chi connectivity index (χ1v) is 9.80. The lowest BCUT2D eigenvalue weighted by Crippen LogP contribution is -2.42. The molecule has 6 nitrogen and oxygen atoms in total. The van der Waals surface area contributed by atoms with Crippen LogP contribution in [0.15, 0.2) is 18.5 Å². The van der Waals surface area contributed by atoms with Crippen molar-refractivity contribution in [3.05, 3.63) is 24.0 Å². The van der Waals surface area contributed by atoms with Crippen LogP contribution in [0, 0.1) is 0 Å². The molecule has 0 aliphatic heterocycles. The van der Waals surface area contributed by atoms with Gasteiger partial charge < -0.3 is 10.6 Å². The molecule has 2 aliphatic carbocycles. The van der Waals surface area contributed by atoms with Crippen molar-refractivity contribution in [3.8, 4) is 0 Å². The van der Waals surface area contributed by atoms with E-state index in [1.807, 2.05) is 6.07 Å². The maximum absolute atomic E-state index is 13.6. The summed E-state index contributed by atoms with van der Waals surface area (Å²) in [4.78, 5) is 17.2. The second-order valence-electron chi connectivity index (χ2n) is 7.74. The monoisotopic (exact) mass is 377 g/mol. The lowest BCUT2D eigenvalue weighted by molar-refractivity contribution is -0.0429. The Bertz CT molecular complexity index is 816. The lowest BCUT2D eigenvalue weighted by Gasteiger charge is -2.29. The quantitative estimate of drug-likeness (QED) is 0.851. The number of hydrogen-bond donors (Lipinski definition) is 2. The van der Waals surface area contributed by atoms with Gasteiger partial charge in [-0.05, 0) is 31.7 Å². The first-order chi connectivity index (χ1) is 13.0. The predicted molar refractivity (Wildman–Crippen MR) is 98.2 cm³/mol. The first-order valence-electron chi connectivity index (χ1n) is 9.80. The van der Waals surface area contributed by atoms with Gasteiger partial charge >= 0.3 is 0 Å². The van der Waals surface area contributed by atoms with Gasteiger partial charge in [0.05, 0.1) is 6.20 Å². The molecule has 2 fully saturated rings. The summed E-state index contributed by atoms with van der Waals surface area (Å²) in [5.41, 5.74) is 0.757. The van der Waals surface area contributed by atoms with E-state index in [-0.39, 0.29) is 12.8 Å². The second-order valence-corrected chi connectivity index (χ2v) is 7.74. The Hall–Kier alpha value is -2.25. The highest BCUT2D eigenvalue weighted by atomic mass is 19.3. The van der Waals surface area contributed by atoms with E-state index in [9.17, 15) is 13.6 Å². The Kier molecular flexibility index (Phi) is 4.97. The first kappa shape index (κ1) is 18.1. The molecule has 2 aromatic rings. The normalized spacial score (nSPS) is 23.3. The van der Waals surface area contributed by atoms with Gasteiger partial charge in [0.1, 0.15) is 11.4 Å². The van der Waals surface area contributed by atoms with Gasteiger partial charge in [-0.1, -0.05) is 19.3 Å². The molecule has 8 heteroatoms. The maximum Gasteiger partial charge on any atom is 0.256 e. The molecule has 1 atom stereocenters. The fourth-order valence-corrected chi connectivity index (χ4v) is 4.12. The van der Waals surface area contributed by atoms with Gasteiger partial charge in [0, 0.05) is 31.1 Å². The Labute approximate surface area is 156 Å². The summed E-state index contributed by atoms with van der Waals surface area (Å²) in [5, 5.41) is 10.3. The molecule has 146 valence electrons. The highest BCUT2D eigenvalue weighted by Gasteiger charge is 2.37. The van der Waals surface area contributed by atoms with E-state index in [2.05, 4.69) is 20.7 Å². The standard InChI is InChI=1S/C19H25F2N5O/c20-19(21)9-4-7-14(11-19)24-18(27)15-12-22-26-10-8-16(25-17(15)26)23-13-5-2-1-3-6-13/h8,10,12-14H,1-7,9,11H2,(H,23,25)(H,24,27). The van der Waals surface area contributed by atoms with Gasteiger partial charge in [-0.25, -0.2) is 18.3 Å². The van der Waals surface area contributed by atoms with Crippen LogP contribution in [-0.4, -0.2) is 38.5 Å². The van der Waals surface area contributed by atoms with Gasteiger partial charge in [-0.2, -0.15) is 5.10 Å².